The van der Waals surface area contributed by atoms with E-state index in [1.54, 1.807) is 6.08 Å². The summed E-state index contributed by atoms with van der Waals surface area (Å²) >= 11 is 0. The summed E-state index contributed by atoms with van der Waals surface area (Å²) in [6.07, 6.45) is 80.5. The molecule has 2 atom stereocenters. The molecule has 0 heterocycles. The summed E-state index contributed by atoms with van der Waals surface area (Å²) in [5, 5.41) is 23.2. The number of aliphatic hydroxyl groups excluding tert-OH is 2. The fourth-order valence-corrected chi connectivity index (χ4v) is 10.3. The first-order valence-electron chi connectivity index (χ1n) is 33.3. The monoisotopic (exact) mass is 1040 g/mol. The van der Waals surface area contributed by atoms with Crippen LogP contribution in [0.3, 0.4) is 0 Å². The highest BCUT2D eigenvalue weighted by Gasteiger charge is 2.18. The Morgan fingerprint density at radius 3 is 1.05 bits per heavy atom. The van der Waals surface area contributed by atoms with Gasteiger partial charge in [0, 0.05) is 12.8 Å². The number of unbranched alkanes of at least 4 members (excludes halogenated alkanes) is 47. The highest BCUT2D eigenvalue weighted by atomic mass is 16.5. The second-order valence-electron chi connectivity index (χ2n) is 22.8. The third-order valence-electron chi connectivity index (χ3n) is 15.4. The number of rotatable bonds is 62. The van der Waals surface area contributed by atoms with E-state index in [-0.39, 0.29) is 18.5 Å². The van der Waals surface area contributed by atoms with E-state index in [9.17, 15) is 19.8 Å². The Morgan fingerprint density at radius 2 is 0.676 bits per heavy atom. The number of nitrogens with one attached hydrogen (secondary N) is 1. The lowest BCUT2D eigenvalue weighted by Gasteiger charge is -2.20. The van der Waals surface area contributed by atoms with Gasteiger partial charge >= 0.3 is 5.97 Å². The van der Waals surface area contributed by atoms with E-state index in [2.05, 4.69) is 43.5 Å². The van der Waals surface area contributed by atoms with Gasteiger partial charge in [0.15, 0.2) is 0 Å². The third kappa shape index (κ3) is 59.3. The average Bonchev–Trinajstić information content (AvgIpc) is 3.40. The Hall–Kier alpha value is -1.92. The number of carbonyl (C=O) groups excluding carboxylic acids is 2. The topological polar surface area (TPSA) is 95.9 Å². The first-order valence-corrected chi connectivity index (χ1v) is 33.3. The molecule has 1 amide bonds. The molecular formula is C68H129NO5. The number of esters is 1. The molecule has 0 radical (unpaired) electrons. The van der Waals surface area contributed by atoms with Gasteiger partial charge < -0.3 is 20.3 Å². The Kier molecular flexibility index (Phi) is 62.0. The standard InChI is InChI=1S/C68H129NO5/c1-3-5-7-9-11-13-15-17-19-20-21-22-23-24-26-29-33-36-40-44-48-52-56-60-66(71)65(64-70)69-67(72)61-57-53-49-45-41-37-34-30-27-25-28-31-35-39-43-47-51-55-59-63-74-68(73)62-58-54-50-46-42-38-32-18-16-14-12-10-8-6-4-2/h12,14,18,32,56,60,65-66,70-71H,3-11,13,15-17,19-31,33-55,57-59,61-64H2,1-2H3,(H,69,72)/b14-12-,32-18-,60-56+. The summed E-state index contributed by atoms with van der Waals surface area (Å²) < 4.78 is 5.48. The van der Waals surface area contributed by atoms with Gasteiger partial charge in [-0.15, -0.1) is 0 Å². The van der Waals surface area contributed by atoms with Gasteiger partial charge in [0.25, 0.3) is 0 Å². The summed E-state index contributed by atoms with van der Waals surface area (Å²) in [5.41, 5.74) is 0. The van der Waals surface area contributed by atoms with E-state index in [4.69, 9.17) is 4.74 Å². The summed E-state index contributed by atoms with van der Waals surface area (Å²) in [4.78, 5) is 24.6. The van der Waals surface area contributed by atoms with Crippen molar-refractivity contribution in [2.24, 2.45) is 0 Å². The molecule has 436 valence electrons. The van der Waals surface area contributed by atoms with E-state index in [0.29, 0.717) is 19.4 Å². The molecule has 0 bridgehead atoms. The summed E-state index contributed by atoms with van der Waals surface area (Å²) in [5.74, 6) is -0.0730. The van der Waals surface area contributed by atoms with Gasteiger partial charge in [0.2, 0.25) is 5.91 Å². The van der Waals surface area contributed by atoms with E-state index in [0.717, 1.165) is 51.4 Å². The lowest BCUT2D eigenvalue weighted by atomic mass is 10.0. The molecule has 0 aromatic rings. The lowest BCUT2D eigenvalue weighted by Crippen LogP contribution is -2.45. The second kappa shape index (κ2) is 63.6. The Labute approximate surface area is 462 Å². The van der Waals surface area contributed by atoms with Crippen molar-refractivity contribution in [2.45, 2.75) is 373 Å². The molecule has 74 heavy (non-hydrogen) atoms. The molecule has 0 aromatic heterocycles. The second-order valence-corrected chi connectivity index (χ2v) is 22.8. The minimum atomic E-state index is -0.848. The average molecular weight is 1040 g/mol. The first kappa shape index (κ1) is 72.1. The van der Waals surface area contributed by atoms with E-state index < -0.39 is 12.1 Å². The number of carbonyl (C=O) groups is 2. The SMILES string of the molecule is CCCCC/C=C\C/C=C\CCCCCCCC(=O)OCCCCCCCCCCCCCCCCCCCCCC(=O)NC(CO)C(O)/C=C/CCCCCCCCCCCCCCCCCCCCCCC. The lowest BCUT2D eigenvalue weighted by molar-refractivity contribution is -0.143. The zero-order valence-corrected chi connectivity index (χ0v) is 49.8. The van der Waals surface area contributed by atoms with Crippen LogP contribution in [0.2, 0.25) is 0 Å². The molecule has 0 spiro atoms. The highest BCUT2D eigenvalue weighted by molar-refractivity contribution is 5.76. The maximum absolute atomic E-state index is 12.5. The summed E-state index contributed by atoms with van der Waals surface area (Å²) in [7, 11) is 0. The third-order valence-corrected chi connectivity index (χ3v) is 15.4. The van der Waals surface area contributed by atoms with Gasteiger partial charge in [0.1, 0.15) is 0 Å². The van der Waals surface area contributed by atoms with E-state index in [1.165, 1.54) is 283 Å². The highest BCUT2D eigenvalue weighted by Crippen LogP contribution is 2.18. The van der Waals surface area contributed by atoms with Gasteiger partial charge in [0.05, 0.1) is 25.4 Å². The number of allylic oxidation sites excluding steroid dienone is 5. The van der Waals surface area contributed by atoms with Crippen LogP contribution in [0, 0.1) is 0 Å². The molecule has 0 aliphatic heterocycles. The quantitative estimate of drug-likeness (QED) is 0.0320. The fraction of sp³-hybridized carbons (Fsp3) is 0.882. The van der Waals surface area contributed by atoms with Crippen LogP contribution in [0.15, 0.2) is 36.5 Å². The number of hydrogen-bond acceptors (Lipinski definition) is 5. The predicted molar refractivity (Wildman–Crippen MR) is 324 cm³/mol. The van der Waals surface area contributed by atoms with Crippen LogP contribution in [0.1, 0.15) is 361 Å². The number of hydrogen-bond donors (Lipinski definition) is 3. The molecule has 0 fully saturated rings. The van der Waals surface area contributed by atoms with Crippen LogP contribution in [0.25, 0.3) is 0 Å². The number of ether oxygens (including phenoxy) is 1. The van der Waals surface area contributed by atoms with Crippen LogP contribution < -0.4 is 5.32 Å². The zero-order valence-electron chi connectivity index (χ0n) is 49.8. The molecule has 2 unspecified atom stereocenters. The van der Waals surface area contributed by atoms with Crippen molar-refractivity contribution in [1.29, 1.82) is 0 Å². The van der Waals surface area contributed by atoms with Crippen LogP contribution >= 0.6 is 0 Å². The summed E-state index contributed by atoms with van der Waals surface area (Å²) in [6, 6.07) is -0.632. The molecule has 0 aromatic carbocycles. The van der Waals surface area contributed by atoms with Crippen molar-refractivity contribution in [3.63, 3.8) is 0 Å². The molecule has 6 heteroatoms. The Morgan fingerprint density at radius 1 is 0.378 bits per heavy atom. The van der Waals surface area contributed by atoms with Crippen molar-refractivity contribution < 1.29 is 24.5 Å². The normalized spacial score (nSPS) is 12.8. The largest absolute Gasteiger partial charge is 0.466 e. The zero-order chi connectivity index (χ0) is 53.6. The Bertz CT molecular complexity index is 1200. The molecule has 0 saturated heterocycles. The maximum atomic E-state index is 12.5. The predicted octanol–water partition coefficient (Wildman–Crippen LogP) is 21.1. The fourth-order valence-electron chi connectivity index (χ4n) is 10.3. The van der Waals surface area contributed by atoms with Gasteiger partial charge in [-0.3, -0.25) is 9.59 Å². The van der Waals surface area contributed by atoms with Gasteiger partial charge in [-0.25, -0.2) is 0 Å². The van der Waals surface area contributed by atoms with E-state index >= 15 is 0 Å². The first-order chi connectivity index (χ1) is 36.5. The van der Waals surface area contributed by atoms with E-state index in [1.807, 2.05) is 6.08 Å². The smallest absolute Gasteiger partial charge is 0.305 e. The minimum Gasteiger partial charge on any atom is -0.466 e. The van der Waals surface area contributed by atoms with Gasteiger partial charge in [-0.1, -0.05) is 320 Å². The molecule has 0 aliphatic rings. The number of aliphatic hydroxyl groups is 2. The molecule has 0 rings (SSSR count). The van der Waals surface area contributed by atoms with Crippen LogP contribution in [0.4, 0.5) is 0 Å². The molecule has 0 saturated carbocycles. The van der Waals surface area contributed by atoms with Crippen molar-refractivity contribution in [3.05, 3.63) is 36.5 Å². The van der Waals surface area contributed by atoms with Crippen molar-refractivity contribution in [2.75, 3.05) is 13.2 Å². The van der Waals surface area contributed by atoms with Crippen LogP contribution in [-0.2, 0) is 14.3 Å². The molecule has 3 N–H and O–H groups in total. The molecule has 0 aliphatic carbocycles. The Balaban J connectivity index is 3.44. The van der Waals surface area contributed by atoms with Gasteiger partial charge in [-0.2, -0.15) is 0 Å². The van der Waals surface area contributed by atoms with Crippen LogP contribution in [-0.4, -0.2) is 47.4 Å². The maximum Gasteiger partial charge on any atom is 0.305 e. The minimum absolute atomic E-state index is 0.00521. The van der Waals surface area contributed by atoms with Crippen LogP contribution in [0.5, 0.6) is 0 Å². The van der Waals surface area contributed by atoms with Gasteiger partial charge in [-0.05, 0) is 64.2 Å². The summed E-state index contributed by atoms with van der Waals surface area (Å²) in [6.45, 7) is 4.89. The van der Waals surface area contributed by atoms with Crippen molar-refractivity contribution in [3.8, 4) is 0 Å². The molecule has 6 nitrogen and oxygen atoms in total. The number of amides is 1. The van der Waals surface area contributed by atoms with Crippen molar-refractivity contribution >= 4 is 11.9 Å². The van der Waals surface area contributed by atoms with Crippen molar-refractivity contribution in [1.82, 2.24) is 5.32 Å². The molecular weight excluding hydrogens is 911 g/mol.